The van der Waals surface area contributed by atoms with E-state index in [9.17, 15) is 9.59 Å². The van der Waals surface area contributed by atoms with Crippen LogP contribution < -0.4 is 0 Å². The molecule has 2 atom stereocenters. The van der Waals surface area contributed by atoms with Crippen molar-refractivity contribution in [3.63, 3.8) is 0 Å². The smallest absolute Gasteiger partial charge is 0.339 e. The number of carbonyl (C=O) groups excluding carboxylic acids is 2. The maximum absolute atomic E-state index is 12.6. The van der Waals surface area contributed by atoms with Crippen molar-refractivity contribution in [2.45, 2.75) is 50.6 Å². The van der Waals surface area contributed by atoms with Crippen LogP contribution in [0.25, 0.3) is 0 Å². The van der Waals surface area contributed by atoms with Gasteiger partial charge in [-0.1, -0.05) is 17.3 Å². The van der Waals surface area contributed by atoms with Gasteiger partial charge in [0.2, 0.25) is 0 Å². The van der Waals surface area contributed by atoms with E-state index < -0.39 is 5.97 Å². The van der Waals surface area contributed by atoms with Gasteiger partial charge < -0.3 is 18.9 Å². The minimum atomic E-state index is -0.505. The highest BCUT2D eigenvalue weighted by molar-refractivity contribution is 7.98. The van der Waals surface area contributed by atoms with Crippen LogP contribution in [0.15, 0.2) is 33.7 Å². The Balaban J connectivity index is 1.60. The van der Waals surface area contributed by atoms with Crippen molar-refractivity contribution in [3.05, 3.63) is 46.8 Å². The number of amides is 1. The highest BCUT2D eigenvalue weighted by atomic mass is 32.2. The molecule has 2 aromatic rings. The van der Waals surface area contributed by atoms with Crippen molar-refractivity contribution in [1.82, 2.24) is 10.1 Å². The van der Waals surface area contributed by atoms with Gasteiger partial charge in [0.05, 0.1) is 23.5 Å². The van der Waals surface area contributed by atoms with Crippen LogP contribution in [-0.4, -0.2) is 53.8 Å². The fourth-order valence-electron chi connectivity index (χ4n) is 3.30. The Bertz CT molecular complexity index is 852. The number of thioether (sulfide) groups is 1. The number of ether oxygens (including phenoxy) is 2. The molecule has 0 unspecified atom stereocenters. The maximum Gasteiger partial charge on any atom is 0.339 e. The fourth-order valence-corrected chi connectivity index (χ4v) is 4.49. The predicted octanol–water partition coefficient (Wildman–Crippen LogP) is 3.38. The summed E-state index contributed by atoms with van der Waals surface area (Å²) in [4.78, 5) is 27.5. The van der Waals surface area contributed by atoms with E-state index in [1.165, 1.54) is 11.8 Å². The molecule has 156 valence electrons. The minimum Gasteiger partial charge on any atom is -0.452 e. The first-order valence-corrected chi connectivity index (χ1v) is 10.6. The number of nitrogens with zero attached hydrogens (tertiary/aromatic N) is 2. The quantitative estimate of drug-likeness (QED) is 0.525. The largest absolute Gasteiger partial charge is 0.452 e. The Morgan fingerprint density at radius 2 is 1.90 bits per heavy atom. The normalized spacial score (nSPS) is 19.2. The molecule has 0 aliphatic carbocycles. The molecule has 29 heavy (non-hydrogen) atoms. The van der Waals surface area contributed by atoms with Gasteiger partial charge in [0, 0.05) is 29.3 Å². The third-order valence-electron chi connectivity index (χ3n) is 4.76. The van der Waals surface area contributed by atoms with Crippen LogP contribution in [0, 0.1) is 13.8 Å². The fraction of sp³-hybridized carbons (Fsp3) is 0.476. The third-order valence-corrected chi connectivity index (χ3v) is 5.86. The van der Waals surface area contributed by atoms with Crippen LogP contribution in [0.4, 0.5) is 0 Å². The Labute approximate surface area is 174 Å². The van der Waals surface area contributed by atoms with Crippen molar-refractivity contribution in [2.75, 3.05) is 19.7 Å². The first kappa shape index (κ1) is 21.4. The Morgan fingerprint density at radius 1 is 1.21 bits per heavy atom. The van der Waals surface area contributed by atoms with E-state index >= 15 is 0 Å². The number of benzene rings is 1. The number of aryl methyl sites for hydroxylation is 2. The minimum absolute atomic E-state index is 0.0279. The summed E-state index contributed by atoms with van der Waals surface area (Å²) < 4.78 is 16.2. The monoisotopic (exact) mass is 418 g/mol. The summed E-state index contributed by atoms with van der Waals surface area (Å²) in [6.07, 6.45) is -0.0558. The second-order valence-electron chi connectivity index (χ2n) is 7.22. The molecule has 1 fully saturated rings. The maximum atomic E-state index is 12.6. The number of carbonyl (C=O) groups is 2. The van der Waals surface area contributed by atoms with Crippen molar-refractivity contribution < 1.29 is 23.6 Å². The first-order chi connectivity index (χ1) is 13.8. The summed E-state index contributed by atoms with van der Waals surface area (Å²) in [6.45, 7) is 8.35. The lowest BCUT2D eigenvalue weighted by molar-refractivity contribution is -0.146. The summed E-state index contributed by atoms with van der Waals surface area (Å²) in [5.74, 6) is 0.693. The van der Waals surface area contributed by atoms with Crippen LogP contribution in [0.1, 0.15) is 41.2 Å². The predicted molar refractivity (Wildman–Crippen MR) is 109 cm³/mol. The molecule has 1 aliphatic heterocycles. The van der Waals surface area contributed by atoms with Gasteiger partial charge in [0.15, 0.2) is 6.61 Å². The highest BCUT2D eigenvalue weighted by Gasteiger charge is 2.26. The van der Waals surface area contributed by atoms with E-state index in [0.717, 1.165) is 21.9 Å². The molecule has 8 heteroatoms. The van der Waals surface area contributed by atoms with Crippen LogP contribution in [0.3, 0.4) is 0 Å². The topological polar surface area (TPSA) is 81.9 Å². The SMILES string of the molecule is Cc1noc(C)c1CSc1ccccc1C(=O)OCC(=O)N1C[C@@H](C)O[C@H](C)C1. The molecule has 1 amide bonds. The summed E-state index contributed by atoms with van der Waals surface area (Å²) in [5, 5.41) is 3.96. The van der Waals surface area contributed by atoms with Gasteiger partial charge in [-0.05, 0) is 39.8 Å². The highest BCUT2D eigenvalue weighted by Crippen LogP contribution is 2.29. The van der Waals surface area contributed by atoms with Crippen molar-refractivity contribution >= 4 is 23.6 Å². The van der Waals surface area contributed by atoms with Gasteiger partial charge in [0.25, 0.3) is 5.91 Å². The Morgan fingerprint density at radius 3 is 2.55 bits per heavy atom. The summed E-state index contributed by atoms with van der Waals surface area (Å²) in [6, 6.07) is 7.23. The average Bonchev–Trinajstić information content (AvgIpc) is 3.01. The van der Waals surface area contributed by atoms with Crippen LogP contribution in [0.2, 0.25) is 0 Å². The number of esters is 1. The first-order valence-electron chi connectivity index (χ1n) is 9.59. The molecule has 1 saturated heterocycles. The lowest BCUT2D eigenvalue weighted by Gasteiger charge is -2.35. The molecular weight excluding hydrogens is 392 g/mol. The van der Waals surface area contributed by atoms with E-state index in [2.05, 4.69) is 5.16 Å². The van der Waals surface area contributed by atoms with E-state index in [1.54, 1.807) is 17.0 Å². The van der Waals surface area contributed by atoms with Crippen LogP contribution in [0.5, 0.6) is 0 Å². The third kappa shape index (κ3) is 5.39. The molecule has 0 radical (unpaired) electrons. The van der Waals surface area contributed by atoms with E-state index in [-0.39, 0.29) is 24.7 Å². The van der Waals surface area contributed by atoms with Crippen LogP contribution in [-0.2, 0) is 20.0 Å². The van der Waals surface area contributed by atoms with Gasteiger partial charge in [-0.15, -0.1) is 11.8 Å². The molecule has 2 heterocycles. The van der Waals surface area contributed by atoms with E-state index in [4.69, 9.17) is 14.0 Å². The Kier molecular flexibility index (Phi) is 6.97. The molecule has 0 saturated carbocycles. The molecule has 0 N–H and O–H groups in total. The van der Waals surface area contributed by atoms with Gasteiger partial charge in [-0.2, -0.15) is 0 Å². The zero-order valence-corrected chi connectivity index (χ0v) is 18.0. The van der Waals surface area contributed by atoms with Gasteiger partial charge in [-0.25, -0.2) is 4.79 Å². The second-order valence-corrected chi connectivity index (χ2v) is 8.24. The summed E-state index contributed by atoms with van der Waals surface area (Å²) in [5.41, 5.74) is 2.30. The average molecular weight is 419 g/mol. The molecular formula is C21H26N2O5S. The van der Waals surface area contributed by atoms with Crippen molar-refractivity contribution in [1.29, 1.82) is 0 Å². The Hall–Kier alpha value is -2.32. The molecule has 3 rings (SSSR count). The van der Waals surface area contributed by atoms with Crippen LogP contribution >= 0.6 is 11.8 Å². The summed E-state index contributed by atoms with van der Waals surface area (Å²) in [7, 11) is 0. The van der Waals surface area contributed by atoms with Crippen molar-refractivity contribution in [2.24, 2.45) is 0 Å². The summed E-state index contributed by atoms with van der Waals surface area (Å²) >= 11 is 1.51. The molecule has 1 aromatic heterocycles. The van der Waals surface area contributed by atoms with Gasteiger partial charge in [-0.3, -0.25) is 4.79 Å². The lowest BCUT2D eigenvalue weighted by atomic mass is 10.2. The standard InChI is InChI=1S/C21H26N2O5S/c1-13-9-23(10-14(2)27-13)20(24)11-26-21(25)17-7-5-6-8-19(17)29-12-18-15(3)22-28-16(18)4/h5-8,13-14H,9-12H2,1-4H3/t13-,14-/m1/s1. The number of hydrogen-bond acceptors (Lipinski definition) is 7. The zero-order valence-electron chi connectivity index (χ0n) is 17.1. The lowest BCUT2D eigenvalue weighted by Crippen LogP contribution is -2.49. The van der Waals surface area contributed by atoms with Crippen molar-refractivity contribution in [3.8, 4) is 0 Å². The van der Waals surface area contributed by atoms with E-state index in [1.807, 2.05) is 39.8 Å². The van der Waals surface area contributed by atoms with Gasteiger partial charge >= 0.3 is 5.97 Å². The number of rotatable bonds is 6. The number of morpholine rings is 1. The second kappa shape index (κ2) is 9.45. The molecule has 1 aromatic carbocycles. The number of aromatic nitrogens is 1. The molecule has 0 bridgehead atoms. The van der Waals surface area contributed by atoms with Gasteiger partial charge in [0.1, 0.15) is 5.76 Å². The number of hydrogen-bond donors (Lipinski definition) is 0. The zero-order chi connectivity index (χ0) is 21.0. The van der Waals surface area contributed by atoms with E-state index in [0.29, 0.717) is 24.4 Å². The molecule has 1 aliphatic rings. The molecule has 0 spiro atoms. The molecule has 7 nitrogen and oxygen atoms in total.